The molecule has 0 spiro atoms. The number of carbonyl (C=O) groups excluding carboxylic acids is 2. The first kappa shape index (κ1) is 21.2. The number of benzene rings is 2. The molecule has 6 nitrogen and oxygen atoms in total. The van der Waals surface area contributed by atoms with E-state index < -0.39 is 23.5 Å². The second-order valence-electron chi connectivity index (χ2n) is 7.55. The zero-order valence-corrected chi connectivity index (χ0v) is 18.7. The van der Waals surface area contributed by atoms with Gasteiger partial charge in [-0.05, 0) is 30.7 Å². The van der Waals surface area contributed by atoms with E-state index in [1.807, 2.05) is 6.92 Å². The molecule has 2 aromatic heterocycles. The fourth-order valence-electron chi connectivity index (χ4n) is 3.76. The van der Waals surface area contributed by atoms with E-state index in [1.165, 1.54) is 23.2 Å². The van der Waals surface area contributed by atoms with Crippen LogP contribution in [0.1, 0.15) is 22.7 Å². The lowest BCUT2D eigenvalue weighted by atomic mass is 9.96. The SMILES string of the molecule is Cc1ccc(/C(O)=C2\C(=O)C(=O)N(c3nc4cc(Cl)c(F)cc4s3)C2c2cccnc2)cc1. The fraction of sp³-hybridized carbons (Fsp3) is 0.0833. The van der Waals surface area contributed by atoms with Gasteiger partial charge in [-0.15, -0.1) is 0 Å². The number of ketones is 1. The number of aliphatic hydroxyl groups excluding tert-OH is 1. The average Bonchev–Trinajstić information content (AvgIpc) is 3.32. The Kier molecular flexibility index (Phi) is 5.19. The number of halogens is 2. The minimum Gasteiger partial charge on any atom is -0.507 e. The molecular weight excluding hydrogens is 465 g/mol. The Morgan fingerprint density at radius 2 is 1.94 bits per heavy atom. The van der Waals surface area contributed by atoms with Crippen molar-refractivity contribution in [1.82, 2.24) is 9.97 Å². The van der Waals surface area contributed by atoms with Gasteiger partial charge in [0.05, 0.1) is 26.9 Å². The van der Waals surface area contributed by atoms with E-state index in [2.05, 4.69) is 9.97 Å². The lowest BCUT2D eigenvalue weighted by Crippen LogP contribution is -2.29. The van der Waals surface area contributed by atoms with Gasteiger partial charge in [0.25, 0.3) is 5.78 Å². The number of aromatic nitrogens is 2. The Hall–Kier alpha value is -3.62. The first-order valence-corrected chi connectivity index (χ1v) is 11.1. The van der Waals surface area contributed by atoms with Gasteiger partial charge in [-0.2, -0.15) is 0 Å². The van der Waals surface area contributed by atoms with Crippen LogP contribution in [0.4, 0.5) is 9.52 Å². The number of nitrogens with zero attached hydrogens (tertiary/aromatic N) is 3. The van der Waals surface area contributed by atoms with Crippen molar-refractivity contribution in [3.05, 3.63) is 94.0 Å². The normalized spacial score (nSPS) is 17.8. The van der Waals surface area contributed by atoms with Crippen LogP contribution in [0.15, 0.2) is 66.5 Å². The highest BCUT2D eigenvalue weighted by Crippen LogP contribution is 2.44. The lowest BCUT2D eigenvalue weighted by Gasteiger charge is -2.22. The van der Waals surface area contributed by atoms with Gasteiger partial charge in [0.1, 0.15) is 11.6 Å². The highest BCUT2D eigenvalue weighted by Gasteiger charge is 2.48. The first-order valence-electron chi connectivity index (χ1n) is 9.88. The summed E-state index contributed by atoms with van der Waals surface area (Å²) in [6.45, 7) is 1.90. The minimum atomic E-state index is -0.958. The molecule has 1 saturated heterocycles. The number of Topliss-reactive ketones (excluding diaryl/α,β-unsaturated/α-hetero) is 1. The Bertz CT molecular complexity index is 1410. The van der Waals surface area contributed by atoms with Crippen LogP contribution in [-0.2, 0) is 9.59 Å². The summed E-state index contributed by atoms with van der Waals surface area (Å²) in [4.78, 5) is 36.1. The number of anilines is 1. The van der Waals surface area contributed by atoms with Crippen LogP contribution in [0, 0.1) is 12.7 Å². The fourth-order valence-corrected chi connectivity index (χ4v) is 4.92. The second-order valence-corrected chi connectivity index (χ2v) is 8.97. The van der Waals surface area contributed by atoms with Gasteiger partial charge in [-0.1, -0.05) is 58.8 Å². The molecule has 1 fully saturated rings. The molecule has 1 unspecified atom stereocenters. The van der Waals surface area contributed by atoms with E-state index in [-0.39, 0.29) is 21.5 Å². The quantitative estimate of drug-likeness (QED) is 0.241. The molecule has 0 aliphatic carbocycles. The molecule has 0 saturated carbocycles. The third kappa shape index (κ3) is 3.57. The van der Waals surface area contributed by atoms with Gasteiger partial charge in [0, 0.05) is 18.0 Å². The van der Waals surface area contributed by atoms with E-state index in [0.717, 1.165) is 16.9 Å². The number of aliphatic hydroxyl groups is 1. The summed E-state index contributed by atoms with van der Waals surface area (Å²) in [7, 11) is 0. The van der Waals surface area contributed by atoms with Gasteiger partial charge in [-0.25, -0.2) is 9.37 Å². The van der Waals surface area contributed by atoms with E-state index in [4.69, 9.17) is 11.6 Å². The Labute approximate surface area is 196 Å². The molecule has 5 rings (SSSR count). The van der Waals surface area contributed by atoms with Crippen molar-refractivity contribution in [2.45, 2.75) is 13.0 Å². The second kappa shape index (κ2) is 8.06. The van der Waals surface area contributed by atoms with Gasteiger partial charge < -0.3 is 5.11 Å². The van der Waals surface area contributed by atoms with Crippen LogP contribution < -0.4 is 4.90 Å². The van der Waals surface area contributed by atoms with E-state index in [0.29, 0.717) is 21.3 Å². The first-order chi connectivity index (χ1) is 15.8. The third-order valence-corrected chi connectivity index (χ3v) is 6.70. The molecule has 1 atom stereocenters. The smallest absolute Gasteiger partial charge is 0.301 e. The summed E-state index contributed by atoms with van der Waals surface area (Å²) in [5, 5.41) is 11.2. The number of fused-ring (bicyclic) bond motifs is 1. The molecule has 33 heavy (non-hydrogen) atoms. The summed E-state index contributed by atoms with van der Waals surface area (Å²) in [6, 6.07) is 12.0. The van der Waals surface area contributed by atoms with Gasteiger partial charge in [-0.3, -0.25) is 19.5 Å². The largest absolute Gasteiger partial charge is 0.507 e. The maximum absolute atomic E-state index is 14.0. The Balaban J connectivity index is 1.72. The van der Waals surface area contributed by atoms with E-state index in [9.17, 15) is 19.1 Å². The molecular formula is C24H15ClFN3O3S. The monoisotopic (exact) mass is 479 g/mol. The standard InChI is InChI=1S/C24H15ClFN3O3S/c1-12-4-6-13(7-5-12)21(30)19-20(14-3-2-8-27-11-14)29(23(32)22(19)31)24-28-17-9-15(25)16(26)10-18(17)33-24/h2-11,20,30H,1H3/b21-19+. The number of amides is 1. The topological polar surface area (TPSA) is 83.4 Å². The van der Waals surface area contributed by atoms with Crippen molar-refractivity contribution < 1.29 is 19.1 Å². The summed E-state index contributed by atoms with van der Waals surface area (Å²) in [5.41, 5.74) is 2.24. The lowest BCUT2D eigenvalue weighted by molar-refractivity contribution is -0.132. The van der Waals surface area contributed by atoms with Crippen LogP contribution >= 0.6 is 22.9 Å². The van der Waals surface area contributed by atoms with Gasteiger partial charge >= 0.3 is 5.91 Å². The van der Waals surface area contributed by atoms with E-state index >= 15 is 0 Å². The number of rotatable bonds is 3. The third-order valence-electron chi connectivity index (χ3n) is 5.39. The average molecular weight is 480 g/mol. The number of thiazole rings is 1. The number of pyridine rings is 1. The zero-order chi connectivity index (χ0) is 23.3. The number of aryl methyl sites for hydroxylation is 1. The predicted octanol–water partition coefficient (Wildman–Crippen LogP) is 5.42. The molecule has 1 N–H and O–H groups in total. The highest BCUT2D eigenvalue weighted by molar-refractivity contribution is 7.22. The van der Waals surface area contributed by atoms with Crippen LogP contribution in [0.2, 0.25) is 5.02 Å². The zero-order valence-electron chi connectivity index (χ0n) is 17.1. The highest BCUT2D eigenvalue weighted by atomic mass is 35.5. The predicted molar refractivity (Wildman–Crippen MR) is 125 cm³/mol. The van der Waals surface area contributed by atoms with Crippen molar-refractivity contribution in [3.63, 3.8) is 0 Å². The molecule has 0 radical (unpaired) electrons. The molecule has 164 valence electrons. The van der Waals surface area contributed by atoms with Crippen LogP contribution in [0.5, 0.6) is 0 Å². The van der Waals surface area contributed by atoms with Crippen molar-refractivity contribution >= 4 is 55.7 Å². The Morgan fingerprint density at radius 1 is 1.18 bits per heavy atom. The van der Waals surface area contributed by atoms with Gasteiger partial charge in [0.15, 0.2) is 5.13 Å². The molecule has 1 aliphatic rings. The Morgan fingerprint density at radius 3 is 2.64 bits per heavy atom. The van der Waals surface area contributed by atoms with Crippen LogP contribution in [-0.4, -0.2) is 26.8 Å². The van der Waals surface area contributed by atoms with Crippen molar-refractivity contribution in [3.8, 4) is 0 Å². The number of hydrogen-bond acceptors (Lipinski definition) is 6. The molecule has 1 amide bonds. The molecule has 1 aliphatic heterocycles. The number of hydrogen-bond donors (Lipinski definition) is 1. The minimum absolute atomic E-state index is 0.0691. The molecule has 0 bridgehead atoms. The van der Waals surface area contributed by atoms with Crippen molar-refractivity contribution in [2.24, 2.45) is 0 Å². The van der Waals surface area contributed by atoms with Crippen molar-refractivity contribution in [1.29, 1.82) is 0 Å². The number of carbonyl (C=O) groups is 2. The maximum atomic E-state index is 14.0. The molecule has 4 aromatic rings. The van der Waals surface area contributed by atoms with Crippen LogP contribution in [0.25, 0.3) is 16.0 Å². The van der Waals surface area contributed by atoms with Crippen molar-refractivity contribution in [2.75, 3.05) is 4.90 Å². The summed E-state index contributed by atoms with van der Waals surface area (Å²) >= 11 is 6.93. The van der Waals surface area contributed by atoms with Crippen LogP contribution in [0.3, 0.4) is 0 Å². The molecule has 9 heteroatoms. The van der Waals surface area contributed by atoms with Gasteiger partial charge in [0.2, 0.25) is 0 Å². The molecule has 3 heterocycles. The maximum Gasteiger partial charge on any atom is 0.301 e. The summed E-state index contributed by atoms with van der Waals surface area (Å²) < 4.78 is 14.4. The van der Waals surface area contributed by atoms with E-state index in [1.54, 1.807) is 42.6 Å². The summed E-state index contributed by atoms with van der Waals surface area (Å²) in [6.07, 6.45) is 3.09. The summed E-state index contributed by atoms with van der Waals surface area (Å²) in [5.74, 6) is -2.59. The molecule has 2 aromatic carbocycles.